The van der Waals surface area contributed by atoms with Gasteiger partial charge in [0, 0.05) is 5.56 Å². The maximum Gasteiger partial charge on any atom is 0.270 e. The van der Waals surface area contributed by atoms with Crippen LogP contribution in [-0.4, -0.2) is 23.0 Å². The van der Waals surface area contributed by atoms with E-state index in [1.54, 1.807) is 0 Å². The van der Waals surface area contributed by atoms with Gasteiger partial charge in [-0.3, -0.25) is 0 Å². The summed E-state index contributed by atoms with van der Waals surface area (Å²) < 4.78 is 11.3. The van der Waals surface area contributed by atoms with Gasteiger partial charge in [-0.2, -0.15) is 0 Å². The number of rotatable bonds is 6. The van der Waals surface area contributed by atoms with Gasteiger partial charge in [0.25, 0.3) is 5.89 Å². The molecule has 25 heavy (non-hydrogen) atoms. The van der Waals surface area contributed by atoms with Crippen molar-refractivity contribution in [3.05, 3.63) is 77.0 Å². The Morgan fingerprint density at radius 3 is 2.76 bits per heavy atom. The molecule has 6 heteroatoms. The lowest BCUT2D eigenvalue weighted by molar-refractivity contribution is 0.213. The van der Waals surface area contributed by atoms with Crippen LogP contribution < -0.4 is 4.74 Å². The van der Waals surface area contributed by atoms with E-state index in [-0.39, 0.29) is 0 Å². The van der Waals surface area contributed by atoms with Crippen LogP contribution in [0.4, 0.5) is 0 Å². The number of hydrogen-bond donors (Lipinski definition) is 0. The molecule has 0 radical (unpaired) electrons. The molecule has 1 heterocycles. The molecule has 2 aromatic carbocycles. The minimum Gasteiger partial charge on any atom is -0.489 e. The Balaban J connectivity index is 1.90. The summed E-state index contributed by atoms with van der Waals surface area (Å²) in [5.41, 5.74) is 4.48. The molecule has 6 nitrogen and oxygen atoms in total. The normalized spacial score (nSPS) is 11.4. The maximum atomic E-state index is 6.03. The molecule has 128 valence electrons. The van der Waals surface area contributed by atoms with Gasteiger partial charge in [-0.25, -0.2) is 0 Å². The zero-order valence-corrected chi connectivity index (χ0v) is 14.4. The minimum absolute atomic E-state index is 0.293. The van der Waals surface area contributed by atoms with E-state index in [1.807, 2.05) is 50.2 Å². The number of ether oxygens (including phenoxy) is 1. The van der Waals surface area contributed by atoms with Crippen molar-refractivity contribution < 1.29 is 14.0 Å². The molecule has 0 aliphatic carbocycles. The monoisotopic (exact) mass is 337 g/mol. The van der Waals surface area contributed by atoms with Crippen LogP contribution in [0.25, 0.3) is 0 Å². The van der Waals surface area contributed by atoms with Crippen molar-refractivity contribution in [3.63, 3.8) is 0 Å². The van der Waals surface area contributed by atoms with E-state index in [4.69, 9.17) is 14.0 Å². The maximum absolute atomic E-state index is 6.03. The van der Waals surface area contributed by atoms with Crippen LogP contribution in [-0.2, 0) is 11.4 Å². The van der Waals surface area contributed by atoms with Crippen LogP contribution in [0.3, 0.4) is 0 Å². The third-order valence-corrected chi connectivity index (χ3v) is 3.74. The summed E-state index contributed by atoms with van der Waals surface area (Å²) in [6.45, 7) is 4.45. The van der Waals surface area contributed by atoms with Crippen molar-refractivity contribution in [3.8, 4) is 5.75 Å². The van der Waals surface area contributed by atoms with Gasteiger partial charge in [0.15, 0.2) is 5.71 Å². The Hall–Kier alpha value is -3.15. The SMILES string of the molecule is CON=C(c1nnco1)c1ccccc1COc1cc(C)ccc1C. The van der Waals surface area contributed by atoms with Crippen molar-refractivity contribution in [1.29, 1.82) is 0 Å². The van der Waals surface area contributed by atoms with Gasteiger partial charge in [-0.05, 0) is 36.6 Å². The van der Waals surface area contributed by atoms with Gasteiger partial charge in [0.05, 0.1) is 0 Å². The van der Waals surface area contributed by atoms with Crippen LogP contribution >= 0.6 is 0 Å². The number of oxime groups is 1. The topological polar surface area (TPSA) is 69.7 Å². The van der Waals surface area contributed by atoms with Gasteiger partial charge in [0.2, 0.25) is 6.39 Å². The fourth-order valence-electron chi connectivity index (χ4n) is 2.47. The highest BCUT2D eigenvalue weighted by Crippen LogP contribution is 2.22. The van der Waals surface area contributed by atoms with Crippen LogP contribution in [0.2, 0.25) is 0 Å². The Kier molecular flexibility index (Phi) is 5.09. The highest BCUT2D eigenvalue weighted by atomic mass is 16.6. The van der Waals surface area contributed by atoms with Crippen LogP contribution in [0.15, 0.2) is 58.4 Å². The lowest BCUT2D eigenvalue weighted by Gasteiger charge is -2.13. The smallest absolute Gasteiger partial charge is 0.270 e. The molecule has 0 fully saturated rings. The third kappa shape index (κ3) is 3.85. The average molecular weight is 337 g/mol. The van der Waals surface area contributed by atoms with Gasteiger partial charge in [-0.1, -0.05) is 41.6 Å². The molecule has 3 aromatic rings. The van der Waals surface area contributed by atoms with E-state index in [0.717, 1.165) is 28.0 Å². The van der Waals surface area contributed by atoms with E-state index in [9.17, 15) is 0 Å². The molecule has 0 N–H and O–H groups in total. The summed E-state index contributed by atoms with van der Waals surface area (Å²) in [5.74, 6) is 1.15. The van der Waals surface area contributed by atoms with Gasteiger partial charge in [0.1, 0.15) is 19.5 Å². The summed E-state index contributed by atoms with van der Waals surface area (Å²) in [6.07, 6.45) is 1.26. The summed E-state index contributed by atoms with van der Waals surface area (Å²) in [5, 5.41) is 11.7. The molecule has 0 saturated heterocycles. The first-order valence-corrected chi connectivity index (χ1v) is 7.85. The second kappa shape index (κ2) is 7.61. The fourth-order valence-corrected chi connectivity index (χ4v) is 2.47. The van der Waals surface area contributed by atoms with E-state index < -0.39 is 0 Å². The first-order chi connectivity index (χ1) is 12.2. The van der Waals surface area contributed by atoms with Gasteiger partial charge in [-0.15, -0.1) is 10.2 Å². The average Bonchev–Trinajstić information content (AvgIpc) is 3.15. The molecule has 0 aliphatic rings. The van der Waals surface area contributed by atoms with E-state index in [2.05, 4.69) is 21.4 Å². The standard InChI is InChI=1S/C19H19N3O3/c1-13-8-9-14(2)17(10-13)24-11-15-6-4-5-7-16(15)18(22-23-3)19-21-20-12-25-19/h4-10,12H,11H2,1-3H3. The summed E-state index contributed by atoms with van der Waals surface area (Å²) in [4.78, 5) is 4.95. The van der Waals surface area contributed by atoms with Gasteiger partial charge < -0.3 is 14.0 Å². The van der Waals surface area contributed by atoms with Crippen LogP contribution in [0, 0.1) is 13.8 Å². The number of aromatic nitrogens is 2. The molecule has 0 saturated carbocycles. The number of nitrogens with zero attached hydrogens (tertiary/aromatic N) is 3. The zero-order chi connectivity index (χ0) is 17.6. The fraction of sp³-hybridized carbons (Fsp3) is 0.211. The van der Waals surface area contributed by atoms with Crippen LogP contribution in [0.5, 0.6) is 5.75 Å². The third-order valence-electron chi connectivity index (χ3n) is 3.74. The number of aryl methyl sites for hydroxylation is 2. The van der Waals surface area contributed by atoms with Crippen molar-refractivity contribution in [2.75, 3.05) is 7.11 Å². The molecule has 1 aromatic heterocycles. The molecule has 3 rings (SSSR count). The van der Waals surface area contributed by atoms with Crippen molar-refractivity contribution in [2.45, 2.75) is 20.5 Å². The van der Waals surface area contributed by atoms with Crippen molar-refractivity contribution >= 4 is 5.71 Å². The Bertz CT molecular complexity index is 873. The summed E-state index contributed by atoms with van der Waals surface area (Å²) in [7, 11) is 1.48. The molecule has 0 aliphatic heterocycles. The highest BCUT2D eigenvalue weighted by Gasteiger charge is 2.17. The molecular weight excluding hydrogens is 318 g/mol. The Labute approximate surface area is 146 Å². The predicted molar refractivity (Wildman–Crippen MR) is 93.6 cm³/mol. The van der Waals surface area contributed by atoms with E-state index >= 15 is 0 Å². The highest BCUT2D eigenvalue weighted by molar-refractivity contribution is 6.10. The largest absolute Gasteiger partial charge is 0.489 e. The predicted octanol–water partition coefficient (Wildman–Crippen LogP) is 3.66. The summed E-state index contributed by atoms with van der Waals surface area (Å²) >= 11 is 0. The second-order valence-electron chi connectivity index (χ2n) is 5.58. The molecule has 0 amide bonds. The molecule has 0 bridgehead atoms. The van der Waals surface area contributed by atoms with E-state index in [1.165, 1.54) is 13.5 Å². The quantitative estimate of drug-likeness (QED) is 0.507. The lowest BCUT2D eigenvalue weighted by Crippen LogP contribution is -2.10. The van der Waals surface area contributed by atoms with Crippen molar-refractivity contribution in [1.82, 2.24) is 10.2 Å². The number of benzene rings is 2. The second-order valence-corrected chi connectivity index (χ2v) is 5.58. The molecular formula is C19H19N3O3. The Morgan fingerprint density at radius 1 is 1.16 bits per heavy atom. The first-order valence-electron chi connectivity index (χ1n) is 7.85. The lowest BCUT2D eigenvalue weighted by atomic mass is 10.0. The van der Waals surface area contributed by atoms with Crippen LogP contribution in [0.1, 0.15) is 28.1 Å². The Morgan fingerprint density at radius 2 is 2.00 bits per heavy atom. The minimum atomic E-state index is 0.293. The van der Waals surface area contributed by atoms with Crippen molar-refractivity contribution in [2.24, 2.45) is 5.16 Å². The molecule has 0 atom stereocenters. The summed E-state index contributed by atoms with van der Waals surface area (Å²) in [6, 6.07) is 13.9. The molecule has 0 spiro atoms. The first kappa shape index (κ1) is 16.7. The molecule has 0 unspecified atom stereocenters. The van der Waals surface area contributed by atoms with E-state index in [0.29, 0.717) is 18.2 Å². The number of hydrogen-bond acceptors (Lipinski definition) is 6. The zero-order valence-electron chi connectivity index (χ0n) is 14.4. The van der Waals surface area contributed by atoms with Gasteiger partial charge >= 0.3 is 0 Å².